The second-order valence-electron chi connectivity index (χ2n) is 4.22. The van der Waals surface area contributed by atoms with Gasteiger partial charge < -0.3 is 14.8 Å². The van der Waals surface area contributed by atoms with Gasteiger partial charge in [-0.05, 0) is 43.3 Å². The monoisotopic (exact) mass is 305 g/mol. The Kier molecular flexibility index (Phi) is 5.46. The predicted octanol–water partition coefficient (Wildman–Crippen LogP) is 4.05. The van der Waals surface area contributed by atoms with Crippen molar-refractivity contribution < 1.29 is 14.3 Å². The van der Waals surface area contributed by atoms with E-state index >= 15 is 0 Å². The highest BCUT2D eigenvalue weighted by molar-refractivity contribution is 6.29. The summed E-state index contributed by atoms with van der Waals surface area (Å²) in [5.74, 6) is 1.82. The number of rotatable bonds is 6. The summed E-state index contributed by atoms with van der Waals surface area (Å²) in [5.41, 5.74) is 0.677. The lowest BCUT2D eigenvalue weighted by Gasteiger charge is -2.09. The third kappa shape index (κ3) is 4.68. The lowest BCUT2D eigenvalue weighted by molar-refractivity contribution is -0.113. The number of amides is 1. The Morgan fingerprint density at radius 3 is 2.48 bits per heavy atom. The van der Waals surface area contributed by atoms with Crippen LogP contribution in [0.1, 0.15) is 6.92 Å². The van der Waals surface area contributed by atoms with Gasteiger partial charge in [0.25, 0.3) is 0 Å². The van der Waals surface area contributed by atoms with Gasteiger partial charge >= 0.3 is 0 Å². The fourth-order valence-corrected chi connectivity index (χ4v) is 1.80. The molecule has 2 aromatic rings. The van der Waals surface area contributed by atoms with Crippen molar-refractivity contribution >= 4 is 23.2 Å². The van der Waals surface area contributed by atoms with Crippen LogP contribution in [-0.2, 0) is 4.79 Å². The average Bonchev–Trinajstić information content (AvgIpc) is 2.50. The van der Waals surface area contributed by atoms with Crippen LogP contribution in [0.4, 0.5) is 5.69 Å². The fourth-order valence-electron chi connectivity index (χ4n) is 1.73. The quantitative estimate of drug-likeness (QED) is 0.819. The summed E-state index contributed by atoms with van der Waals surface area (Å²) in [5, 5.41) is 2.66. The molecule has 0 fully saturated rings. The predicted molar refractivity (Wildman–Crippen MR) is 83.5 cm³/mol. The third-order valence-corrected chi connectivity index (χ3v) is 2.85. The van der Waals surface area contributed by atoms with E-state index in [-0.39, 0.29) is 11.8 Å². The molecule has 1 amide bonds. The number of carbonyl (C=O) groups excluding carboxylic acids is 1. The number of anilines is 1. The topological polar surface area (TPSA) is 47.6 Å². The van der Waals surface area contributed by atoms with Crippen molar-refractivity contribution in [1.29, 1.82) is 0 Å². The van der Waals surface area contributed by atoms with E-state index in [9.17, 15) is 4.79 Å². The largest absolute Gasteiger partial charge is 0.494 e. The second-order valence-corrected chi connectivity index (χ2v) is 4.48. The second kappa shape index (κ2) is 7.55. The maximum Gasteiger partial charge on any atom is 0.239 e. The van der Waals surface area contributed by atoms with Gasteiger partial charge in [-0.1, -0.05) is 6.07 Å². The minimum Gasteiger partial charge on any atom is -0.494 e. The number of hydrogen-bond acceptors (Lipinski definition) is 3. The molecular formula is C16H16ClNO3. The summed E-state index contributed by atoms with van der Waals surface area (Å²) in [4.78, 5) is 11.2. The summed E-state index contributed by atoms with van der Waals surface area (Å²) in [6, 6.07) is 14.5. The zero-order chi connectivity index (χ0) is 15.1. The van der Waals surface area contributed by atoms with E-state index in [0.717, 1.165) is 5.75 Å². The molecule has 0 radical (unpaired) electrons. The van der Waals surface area contributed by atoms with Crippen LogP contribution in [0.25, 0.3) is 0 Å². The molecule has 2 aromatic carbocycles. The zero-order valence-corrected chi connectivity index (χ0v) is 12.4. The Labute approximate surface area is 128 Å². The maximum absolute atomic E-state index is 11.2. The summed E-state index contributed by atoms with van der Waals surface area (Å²) in [7, 11) is 0. The Hall–Kier alpha value is -2.20. The van der Waals surface area contributed by atoms with Crippen molar-refractivity contribution in [1.82, 2.24) is 0 Å². The molecule has 0 heterocycles. The van der Waals surface area contributed by atoms with Crippen molar-refractivity contribution in [3.05, 3.63) is 48.5 Å². The number of halogens is 1. The van der Waals surface area contributed by atoms with E-state index in [0.29, 0.717) is 23.8 Å². The van der Waals surface area contributed by atoms with E-state index in [1.165, 1.54) is 0 Å². The van der Waals surface area contributed by atoms with Crippen molar-refractivity contribution in [2.75, 3.05) is 17.8 Å². The van der Waals surface area contributed by atoms with Crippen LogP contribution in [0, 0.1) is 0 Å². The van der Waals surface area contributed by atoms with Crippen LogP contribution < -0.4 is 14.8 Å². The lowest BCUT2D eigenvalue weighted by Crippen LogP contribution is -2.12. The van der Waals surface area contributed by atoms with Gasteiger partial charge in [-0.15, -0.1) is 11.6 Å². The SMILES string of the molecule is CCOc1cccc(Oc2ccc(NC(=O)CCl)cc2)c1. The van der Waals surface area contributed by atoms with Gasteiger partial charge in [-0.2, -0.15) is 0 Å². The molecule has 0 aliphatic carbocycles. The molecule has 0 aliphatic heterocycles. The highest BCUT2D eigenvalue weighted by Crippen LogP contribution is 2.26. The van der Waals surface area contributed by atoms with Crippen LogP contribution in [0.15, 0.2) is 48.5 Å². The van der Waals surface area contributed by atoms with Crippen LogP contribution in [0.3, 0.4) is 0 Å². The summed E-state index contributed by atoms with van der Waals surface area (Å²) >= 11 is 5.43. The highest BCUT2D eigenvalue weighted by Gasteiger charge is 2.02. The van der Waals surface area contributed by atoms with Crippen LogP contribution in [-0.4, -0.2) is 18.4 Å². The van der Waals surface area contributed by atoms with Crippen molar-refractivity contribution in [3.8, 4) is 17.2 Å². The summed E-state index contributed by atoms with van der Waals surface area (Å²) in [6.07, 6.45) is 0. The van der Waals surface area contributed by atoms with Crippen molar-refractivity contribution in [3.63, 3.8) is 0 Å². The van der Waals surface area contributed by atoms with Gasteiger partial charge in [0.1, 0.15) is 23.1 Å². The standard InChI is InChI=1S/C16H16ClNO3/c1-2-20-14-4-3-5-15(10-14)21-13-8-6-12(7-9-13)18-16(19)11-17/h3-10H,2,11H2,1H3,(H,18,19). The van der Waals surface area contributed by atoms with Gasteiger partial charge in [-0.3, -0.25) is 4.79 Å². The third-order valence-electron chi connectivity index (χ3n) is 2.61. The summed E-state index contributed by atoms with van der Waals surface area (Å²) in [6.45, 7) is 2.54. The Balaban J connectivity index is 2.02. The minimum absolute atomic E-state index is 0.0670. The van der Waals surface area contributed by atoms with Gasteiger partial charge in [0, 0.05) is 11.8 Å². The van der Waals surface area contributed by atoms with Gasteiger partial charge in [0.15, 0.2) is 0 Å². The molecule has 0 atom stereocenters. The van der Waals surface area contributed by atoms with Gasteiger partial charge in [-0.25, -0.2) is 0 Å². The van der Waals surface area contributed by atoms with E-state index in [4.69, 9.17) is 21.1 Å². The van der Waals surface area contributed by atoms with Crippen molar-refractivity contribution in [2.24, 2.45) is 0 Å². The number of hydrogen-bond donors (Lipinski definition) is 1. The molecule has 110 valence electrons. The minimum atomic E-state index is -0.241. The molecule has 2 rings (SSSR count). The van der Waals surface area contributed by atoms with E-state index in [2.05, 4.69) is 5.32 Å². The molecular weight excluding hydrogens is 290 g/mol. The average molecular weight is 306 g/mol. The Morgan fingerprint density at radius 2 is 1.81 bits per heavy atom. The smallest absolute Gasteiger partial charge is 0.239 e. The molecule has 0 saturated carbocycles. The number of alkyl halides is 1. The first kappa shape index (κ1) is 15.2. The van der Waals surface area contributed by atoms with Crippen molar-refractivity contribution in [2.45, 2.75) is 6.92 Å². The number of ether oxygens (including phenoxy) is 2. The van der Waals surface area contributed by atoms with E-state index < -0.39 is 0 Å². The maximum atomic E-state index is 11.2. The van der Waals surface area contributed by atoms with Crippen LogP contribution >= 0.6 is 11.6 Å². The first-order valence-electron chi connectivity index (χ1n) is 6.58. The number of nitrogens with one attached hydrogen (secondary N) is 1. The first-order valence-corrected chi connectivity index (χ1v) is 7.11. The number of carbonyl (C=O) groups is 1. The van der Waals surface area contributed by atoms with Crippen LogP contribution in [0.2, 0.25) is 0 Å². The molecule has 5 heteroatoms. The molecule has 0 saturated heterocycles. The molecule has 0 aliphatic rings. The van der Waals surface area contributed by atoms with Gasteiger partial charge in [0.2, 0.25) is 5.91 Å². The normalized spacial score (nSPS) is 10.0. The Morgan fingerprint density at radius 1 is 1.10 bits per heavy atom. The lowest BCUT2D eigenvalue weighted by atomic mass is 10.3. The fraction of sp³-hybridized carbons (Fsp3) is 0.188. The Bertz CT molecular complexity index is 599. The summed E-state index contributed by atoms with van der Waals surface area (Å²) < 4.78 is 11.2. The van der Waals surface area contributed by atoms with E-state index in [1.807, 2.05) is 31.2 Å². The zero-order valence-electron chi connectivity index (χ0n) is 11.6. The molecule has 21 heavy (non-hydrogen) atoms. The van der Waals surface area contributed by atoms with Gasteiger partial charge in [0.05, 0.1) is 6.61 Å². The molecule has 0 unspecified atom stereocenters. The molecule has 1 N–H and O–H groups in total. The highest BCUT2D eigenvalue weighted by atomic mass is 35.5. The molecule has 0 aromatic heterocycles. The molecule has 0 spiro atoms. The molecule has 4 nitrogen and oxygen atoms in total. The molecule has 0 bridgehead atoms. The van der Waals surface area contributed by atoms with Crippen LogP contribution in [0.5, 0.6) is 17.2 Å². The first-order chi connectivity index (χ1) is 10.2. The van der Waals surface area contributed by atoms with E-state index in [1.54, 1.807) is 24.3 Å². The number of benzene rings is 2.